The second-order valence-corrected chi connectivity index (χ2v) is 3.38. The molecule has 4 nitrogen and oxygen atoms in total. The van der Waals surface area contributed by atoms with Crippen LogP contribution in [-0.2, 0) is 19.1 Å². The van der Waals surface area contributed by atoms with Gasteiger partial charge in [0.1, 0.15) is 5.76 Å². The van der Waals surface area contributed by atoms with Crippen molar-refractivity contribution in [1.82, 2.24) is 0 Å². The third-order valence-corrected chi connectivity index (χ3v) is 2.41. The Morgan fingerprint density at radius 1 is 1.43 bits per heavy atom. The van der Waals surface area contributed by atoms with Gasteiger partial charge < -0.3 is 9.47 Å². The third-order valence-electron chi connectivity index (χ3n) is 2.41. The second-order valence-electron chi connectivity index (χ2n) is 3.38. The minimum Gasteiger partial charge on any atom is -0.482 e. The first-order valence-electron chi connectivity index (χ1n) is 4.45. The number of rotatable bonds is 2. The molecule has 4 heteroatoms. The van der Waals surface area contributed by atoms with Gasteiger partial charge in [-0.1, -0.05) is 6.92 Å². The molecule has 0 aromatic rings. The Balaban J connectivity index is 2.88. The largest absolute Gasteiger partial charge is 0.482 e. The van der Waals surface area contributed by atoms with Gasteiger partial charge in [-0.2, -0.15) is 0 Å². The molecule has 1 heterocycles. The Morgan fingerprint density at radius 3 is 2.36 bits per heavy atom. The zero-order valence-electron chi connectivity index (χ0n) is 8.79. The highest BCUT2D eigenvalue weighted by Crippen LogP contribution is 2.31. The number of ether oxygens (including phenoxy) is 2. The molecule has 0 aromatic heterocycles. The van der Waals surface area contributed by atoms with Crippen LogP contribution in [0.25, 0.3) is 0 Å². The number of Topliss-reactive ketones (excluding diaryl/α,β-unsaturated/α-hetero) is 1. The molecule has 0 saturated carbocycles. The van der Waals surface area contributed by atoms with Crippen molar-refractivity contribution in [3.8, 4) is 0 Å². The van der Waals surface area contributed by atoms with Crippen molar-refractivity contribution in [1.29, 1.82) is 0 Å². The fourth-order valence-corrected chi connectivity index (χ4v) is 1.76. The molecule has 14 heavy (non-hydrogen) atoms. The van der Waals surface area contributed by atoms with Crippen LogP contribution < -0.4 is 0 Å². The van der Waals surface area contributed by atoms with Crippen LogP contribution in [0.3, 0.4) is 0 Å². The van der Waals surface area contributed by atoms with Gasteiger partial charge in [0.25, 0.3) is 0 Å². The molecule has 0 aliphatic carbocycles. The van der Waals surface area contributed by atoms with Crippen molar-refractivity contribution in [3.05, 3.63) is 11.3 Å². The van der Waals surface area contributed by atoms with Crippen molar-refractivity contribution in [2.45, 2.75) is 26.9 Å². The predicted molar refractivity (Wildman–Crippen MR) is 49.4 cm³/mol. The molecule has 0 radical (unpaired) electrons. The highest BCUT2D eigenvalue weighted by atomic mass is 16.6. The van der Waals surface area contributed by atoms with Crippen LogP contribution in [0, 0.1) is 5.92 Å². The van der Waals surface area contributed by atoms with E-state index in [1.165, 1.54) is 14.0 Å². The van der Waals surface area contributed by atoms with Crippen LogP contribution >= 0.6 is 0 Å². The number of carbonyl (C=O) groups excluding carboxylic acids is 2. The highest BCUT2D eigenvalue weighted by Gasteiger charge is 2.39. The smallest absolute Gasteiger partial charge is 0.347 e. The van der Waals surface area contributed by atoms with E-state index < -0.39 is 12.1 Å². The van der Waals surface area contributed by atoms with E-state index >= 15 is 0 Å². The van der Waals surface area contributed by atoms with Crippen molar-refractivity contribution >= 4 is 11.8 Å². The maximum Gasteiger partial charge on any atom is 0.347 e. The fourth-order valence-electron chi connectivity index (χ4n) is 1.76. The van der Waals surface area contributed by atoms with Gasteiger partial charge in [-0.05, 0) is 13.8 Å². The zero-order chi connectivity index (χ0) is 10.9. The van der Waals surface area contributed by atoms with Gasteiger partial charge in [0.05, 0.1) is 7.11 Å². The molecule has 0 amide bonds. The average Bonchev–Trinajstić information content (AvgIpc) is 2.40. The van der Waals surface area contributed by atoms with Crippen molar-refractivity contribution < 1.29 is 19.1 Å². The third kappa shape index (κ3) is 1.64. The van der Waals surface area contributed by atoms with Crippen LogP contribution in [0.15, 0.2) is 11.3 Å². The number of carbonyl (C=O) groups is 2. The molecule has 0 aromatic carbocycles. The van der Waals surface area contributed by atoms with E-state index in [0.29, 0.717) is 11.3 Å². The minimum atomic E-state index is -0.668. The van der Waals surface area contributed by atoms with Gasteiger partial charge >= 0.3 is 5.97 Å². The zero-order valence-corrected chi connectivity index (χ0v) is 8.79. The van der Waals surface area contributed by atoms with Gasteiger partial charge in [0.15, 0.2) is 5.78 Å². The Morgan fingerprint density at radius 2 is 2.00 bits per heavy atom. The van der Waals surface area contributed by atoms with Crippen LogP contribution in [0.5, 0.6) is 0 Å². The summed E-state index contributed by atoms with van der Waals surface area (Å²) in [4.78, 5) is 22.5. The molecule has 0 spiro atoms. The van der Waals surface area contributed by atoms with Crippen molar-refractivity contribution in [2.24, 2.45) is 5.92 Å². The van der Waals surface area contributed by atoms with Gasteiger partial charge in [0, 0.05) is 11.5 Å². The first kappa shape index (κ1) is 10.8. The molecule has 0 saturated heterocycles. The molecular weight excluding hydrogens is 184 g/mol. The molecule has 1 rings (SSSR count). The lowest BCUT2D eigenvalue weighted by Crippen LogP contribution is -2.28. The second kappa shape index (κ2) is 3.82. The lowest BCUT2D eigenvalue weighted by molar-refractivity contribution is -0.152. The first-order valence-corrected chi connectivity index (χ1v) is 4.45. The number of esters is 1. The van der Waals surface area contributed by atoms with Gasteiger partial charge in [-0.3, -0.25) is 4.79 Å². The maximum atomic E-state index is 11.3. The van der Waals surface area contributed by atoms with E-state index in [1.807, 2.05) is 0 Å². The molecular formula is C10H14O4. The van der Waals surface area contributed by atoms with Gasteiger partial charge in [-0.15, -0.1) is 0 Å². The molecule has 1 aliphatic heterocycles. The number of allylic oxidation sites excluding steroid dienone is 1. The molecule has 0 N–H and O–H groups in total. The van der Waals surface area contributed by atoms with E-state index in [4.69, 9.17) is 4.74 Å². The first-order chi connectivity index (χ1) is 6.49. The summed E-state index contributed by atoms with van der Waals surface area (Å²) < 4.78 is 9.86. The maximum absolute atomic E-state index is 11.3. The van der Waals surface area contributed by atoms with Crippen LogP contribution in [0.2, 0.25) is 0 Å². The molecule has 0 fully saturated rings. The predicted octanol–water partition coefficient (Wildman–Crippen LogP) is 1.06. The fraction of sp³-hybridized carbons (Fsp3) is 0.600. The van der Waals surface area contributed by atoms with E-state index in [0.717, 1.165) is 0 Å². The Hall–Kier alpha value is -1.32. The Labute approximate surface area is 82.9 Å². The van der Waals surface area contributed by atoms with E-state index in [2.05, 4.69) is 4.74 Å². The topological polar surface area (TPSA) is 52.6 Å². The van der Waals surface area contributed by atoms with Crippen LogP contribution in [0.4, 0.5) is 0 Å². The van der Waals surface area contributed by atoms with E-state index in [-0.39, 0.29) is 11.7 Å². The normalized spacial score (nSPS) is 26.0. The Kier molecular flexibility index (Phi) is 2.93. The number of ketones is 1. The number of methoxy groups -OCH3 is 1. The molecule has 78 valence electrons. The monoisotopic (exact) mass is 198 g/mol. The SMILES string of the molecule is COC(=O)C1OC(C)=C(C(C)=O)C1C. The Bertz CT molecular complexity index is 303. The van der Waals surface area contributed by atoms with Crippen LogP contribution in [-0.4, -0.2) is 25.0 Å². The average molecular weight is 198 g/mol. The molecule has 2 unspecified atom stereocenters. The molecule has 0 bridgehead atoms. The summed E-state index contributed by atoms with van der Waals surface area (Å²) >= 11 is 0. The quantitative estimate of drug-likeness (QED) is 0.622. The molecule has 1 aliphatic rings. The number of hydrogen-bond donors (Lipinski definition) is 0. The standard InChI is InChI=1S/C10H14O4/c1-5-8(6(2)11)7(3)14-9(5)10(12)13-4/h5,9H,1-4H3. The summed E-state index contributed by atoms with van der Waals surface area (Å²) in [6.45, 7) is 4.95. The van der Waals surface area contributed by atoms with Crippen molar-refractivity contribution in [3.63, 3.8) is 0 Å². The minimum absolute atomic E-state index is 0.0543. The summed E-state index contributed by atoms with van der Waals surface area (Å²) in [6, 6.07) is 0. The summed E-state index contributed by atoms with van der Waals surface area (Å²) in [5, 5.41) is 0. The van der Waals surface area contributed by atoms with E-state index in [1.54, 1.807) is 13.8 Å². The summed E-state index contributed by atoms with van der Waals surface area (Å²) in [6.07, 6.45) is -0.668. The summed E-state index contributed by atoms with van der Waals surface area (Å²) in [5.41, 5.74) is 0.584. The lowest BCUT2D eigenvalue weighted by Gasteiger charge is -2.13. The lowest BCUT2D eigenvalue weighted by atomic mass is 9.94. The van der Waals surface area contributed by atoms with Crippen LogP contribution in [0.1, 0.15) is 20.8 Å². The molecule has 2 atom stereocenters. The number of hydrogen-bond acceptors (Lipinski definition) is 4. The van der Waals surface area contributed by atoms with E-state index in [9.17, 15) is 9.59 Å². The summed E-state index contributed by atoms with van der Waals surface area (Å²) in [7, 11) is 1.31. The van der Waals surface area contributed by atoms with Crippen molar-refractivity contribution in [2.75, 3.05) is 7.11 Å². The van der Waals surface area contributed by atoms with Gasteiger partial charge in [0.2, 0.25) is 6.10 Å². The summed E-state index contributed by atoms with van der Waals surface area (Å²) in [5.74, 6) is -0.185. The van der Waals surface area contributed by atoms with Gasteiger partial charge in [-0.25, -0.2) is 4.79 Å². The highest BCUT2D eigenvalue weighted by molar-refractivity contribution is 5.96.